The molecule has 1 N–H and O–H groups in total. The minimum atomic E-state index is 0.0523. The normalized spacial score (nSPS) is 21.2. The van der Waals surface area contributed by atoms with Crippen LogP contribution in [0.2, 0.25) is 0 Å². The Hall–Kier alpha value is -1.59. The van der Waals surface area contributed by atoms with E-state index in [0.717, 1.165) is 44.7 Å². The van der Waals surface area contributed by atoms with Crippen LogP contribution in [0.15, 0.2) is 24.3 Å². The molecule has 0 saturated carbocycles. The fourth-order valence-electron chi connectivity index (χ4n) is 3.42. The minimum absolute atomic E-state index is 0.0523. The van der Waals surface area contributed by atoms with Crippen molar-refractivity contribution in [3.63, 3.8) is 0 Å². The van der Waals surface area contributed by atoms with Gasteiger partial charge >= 0.3 is 0 Å². The number of hydrogen-bond acceptors (Lipinski definition) is 4. The number of para-hydroxylation sites is 1. The highest BCUT2D eigenvalue weighted by atomic mass is 16.5. The zero-order valence-corrected chi connectivity index (χ0v) is 15.4. The smallest absolute Gasteiger partial charge is 0.234 e. The molecule has 0 spiro atoms. The Kier molecular flexibility index (Phi) is 6.32. The Morgan fingerprint density at radius 3 is 2.80 bits per heavy atom. The first-order valence-electron chi connectivity index (χ1n) is 9.45. The van der Waals surface area contributed by atoms with Crippen molar-refractivity contribution in [2.75, 3.05) is 32.8 Å². The summed E-state index contributed by atoms with van der Waals surface area (Å²) < 4.78 is 11.8. The average molecular weight is 346 g/mol. The fraction of sp³-hybridized carbons (Fsp3) is 0.650. The average Bonchev–Trinajstić information content (AvgIpc) is 3.02. The van der Waals surface area contributed by atoms with E-state index in [1.165, 1.54) is 5.56 Å². The fourth-order valence-corrected chi connectivity index (χ4v) is 3.42. The zero-order chi connectivity index (χ0) is 17.6. The standard InChI is InChI=1S/C20H30N2O3/c1-15(2)14-24-17-7-9-22(10-8-17)13-20(23)21-12-18-11-16-5-3-4-6-19(16)25-18/h3-6,15,17-18H,7-14H2,1-2H3,(H,21,23). The van der Waals surface area contributed by atoms with E-state index in [9.17, 15) is 4.79 Å². The van der Waals surface area contributed by atoms with E-state index in [1.807, 2.05) is 18.2 Å². The lowest BCUT2D eigenvalue weighted by atomic mass is 10.1. The molecule has 1 amide bonds. The van der Waals surface area contributed by atoms with Gasteiger partial charge in [0.15, 0.2) is 0 Å². The number of ether oxygens (including phenoxy) is 2. The predicted octanol–water partition coefficient (Wildman–Crippen LogP) is 2.24. The third-order valence-corrected chi connectivity index (χ3v) is 4.81. The predicted molar refractivity (Wildman–Crippen MR) is 97.8 cm³/mol. The van der Waals surface area contributed by atoms with Gasteiger partial charge in [0.25, 0.3) is 0 Å². The number of benzene rings is 1. The summed E-state index contributed by atoms with van der Waals surface area (Å²) in [4.78, 5) is 14.4. The number of likely N-dealkylation sites (tertiary alicyclic amines) is 1. The Bertz CT molecular complexity index is 543. The molecule has 1 unspecified atom stereocenters. The van der Waals surface area contributed by atoms with Crippen molar-refractivity contribution in [2.24, 2.45) is 5.92 Å². The van der Waals surface area contributed by atoms with Crippen LogP contribution in [0.4, 0.5) is 0 Å². The molecule has 2 aliphatic rings. The molecule has 5 nitrogen and oxygen atoms in total. The van der Waals surface area contributed by atoms with Gasteiger partial charge in [-0.25, -0.2) is 0 Å². The van der Waals surface area contributed by atoms with E-state index in [-0.39, 0.29) is 12.0 Å². The van der Waals surface area contributed by atoms with E-state index in [2.05, 4.69) is 30.1 Å². The van der Waals surface area contributed by atoms with Crippen molar-refractivity contribution in [2.45, 2.75) is 45.3 Å². The molecule has 1 fully saturated rings. The van der Waals surface area contributed by atoms with E-state index in [4.69, 9.17) is 9.47 Å². The van der Waals surface area contributed by atoms with Gasteiger partial charge in [0.2, 0.25) is 5.91 Å². The van der Waals surface area contributed by atoms with Gasteiger partial charge < -0.3 is 14.8 Å². The third-order valence-electron chi connectivity index (χ3n) is 4.81. The molecule has 1 aromatic rings. The largest absolute Gasteiger partial charge is 0.488 e. The highest BCUT2D eigenvalue weighted by Crippen LogP contribution is 2.27. The highest BCUT2D eigenvalue weighted by molar-refractivity contribution is 5.78. The number of nitrogens with zero attached hydrogens (tertiary/aromatic N) is 1. The quantitative estimate of drug-likeness (QED) is 0.823. The Balaban J connectivity index is 1.32. The maximum absolute atomic E-state index is 12.2. The Morgan fingerprint density at radius 2 is 2.08 bits per heavy atom. The van der Waals surface area contributed by atoms with Gasteiger partial charge in [0.1, 0.15) is 11.9 Å². The summed E-state index contributed by atoms with van der Waals surface area (Å²) in [5, 5.41) is 3.02. The monoisotopic (exact) mass is 346 g/mol. The van der Waals surface area contributed by atoms with Gasteiger partial charge in [-0.2, -0.15) is 0 Å². The molecule has 2 heterocycles. The van der Waals surface area contributed by atoms with Gasteiger partial charge in [-0.15, -0.1) is 0 Å². The first-order chi connectivity index (χ1) is 12.1. The number of carbonyl (C=O) groups excluding carboxylic acids is 1. The van der Waals surface area contributed by atoms with Crippen LogP contribution in [0.5, 0.6) is 5.75 Å². The van der Waals surface area contributed by atoms with Crippen LogP contribution in [0.25, 0.3) is 0 Å². The van der Waals surface area contributed by atoms with Crippen LogP contribution < -0.4 is 10.1 Å². The first-order valence-corrected chi connectivity index (χ1v) is 9.45. The van der Waals surface area contributed by atoms with Crippen molar-refractivity contribution < 1.29 is 14.3 Å². The SMILES string of the molecule is CC(C)COC1CCN(CC(=O)NCC2Cc3ccccc3O2)CC1. The Labute approximate surface area is 150 Å². The molecule has 138 valence electrons. The van der Waals surface area contributed by atoms with Gasteiger partial charge in [0, 0.05) is 26.1 Å². The topological polar surface area (TPSA) is 50.8 Å². The summed E-state index contributed by atoms with van der Waals surface area (Å²) >= 11 is 0. The number of amides is 1. The number of hydrogen-bond donors (Lipinski definition) is 1. The van der Waals surface area contributed by atoms with Crippen LogP contribution in [0, 0.1) is 5.92 Å². The van der Waals surface area contributed by atoms with Crippen LogP contribution in [-0.2, 0) is 16.0 Å². The summed E-state index contributed by atoms with van der Waals surface area (Å²) in [7, 11) is 0. The van der Waals surface area contributed by atoms with Crippen molar-refractivity contribution in [1.29, 1.82) is 0 Å². The van der Waals surface area contributed by atoms with Gasteiger partial charge in [0.05, 0.1) is 19.2 Å². The molecule has 3 rings (SSSR count). The molecule has 0 aliphatic carbocycles. The molecule has 2 aliphatic heterocycles. The second-order valence-corrected chi connectivity index (χ2v) is 7.56. The molecule has 5 heteroatoms. The number of nitrogens with one attached hydrogen (secondary N) is 1. The molecule has 1 atom stereocenters. The van der Waals surface area contributed by atoms with Crippen LogP contribution in [0.3, 0.4) is 0 Å². The Morgan fingerprint density at radius 1 is 1.32 bits per heavy atom. The number of carbonyl (C=O) groups is 1. The van der Waals surface area contributed by atoms with Gasteiger partial charge in [-0.05, 0) is 30.4 Å². The van der Waals surface area contributed by atoms with Gasteiger partial charge in [-0.3, -0.25) is 9.69 Å². The number of piperidine rings is 1. The number of fused-ring (bicyclic) bond motifs is 1. The van der Waals surface area contributed by atoms with Crippen molar-refractivity contribution in [3.8, 4) is 5.75 Å². The highest BCUT2D eigenvalue weighted by Gasteiger charge is 2.24. The summed E-state index contributed by atoms with van der Waals surface area (Å²) in [6, 6.07) is 8.08. The van der Waals surface area contributed by atoms with Crippen LogP contribution >= 0.6 is 0 Å². The zero-order valence-electron chi connectivity index (χ0n) is 15.4. The lowest BCUT2D eigenvalue weighted by Gasteiger charge is -2.31. The minimum Gasteiger partial charge on any atom is -0.488 e. The summed E-state index contributed by atoms with van der Waals surface area (Å²) in [5.41, 5.74) is 1.23. The summed E-state index contributed by atoms with van der Waals surface area (Å²) in [5.74, 6) is 1.61. The first kappa shape index (κ1) is 18.2. The maximum atomic E-state index is 12.2. The van der Waals surface area contributed by atoms with Gasteiger partial charge in [-0.1, -0.05) is 32.0 Å². The maximum Gasteiger partial charge on any atom is 0.234 e. The molecule has 0 bridgehead atoms. The van der Waals surface area contributed by atoms with E-state index < -0.39 is 0 Å². The summed E-state index contributed by atoms with van der Waals surface area (Å²) in [6.07, 6.45) is 3.31. The molecule has 1 saturated heterocycles. The molecule has 0 aromatic heterocycles. The third kappa shape index (κ3) is 5.44. The molecule has 25 heavy (non-hydrogen) atoms. The molecular weight excluding hydrogens is 316 g/mol. The van der Waals surface area contributed by atoms with Crippen LogP contribution in [-0.4, -0.2) is 55.8 Å². The lowest BCUT2D eigenvalue weighted by molar-refractivity contribution is -0.123. The van der Waals surface area contributed by atoms with Crippen molar-refractivity contribution in [3.05, 3.63) is 29.8 Å². The lowest BCUT2D eigenvalue weighted by Crippen LogP contribution is -2.45. The van der Waals surface area contributed by atoms with Crippen LogP contribution in [0.1, 0.15) is 32.3 Å². The number of rotatable bonds is 7. The van der Waals surface area contributed by atoms with E-state index >= 15 is 0 Å². The van der Waals surface area contributed by atoms with E-state index in [1.54, 1.807) is 0 Å². The molecule has 0 radical (unpaired) electrons. The second-order valence-electron chi connectivity index (χ2n) is 7.56. The molecule has 1 aromatic carbocycles. The van der Waals surface area contributed by atoms with Crippen molar-refractivity contribution in [1.82, 2.24) is 10.2 Å². The summed E-state index contributed by atoms with van der Waals surface area (Å²) in [6.45, 7) is 8.08. The second kappa shape index (κ2) is 8.68. The van der Waals surface area contributed by atoms with E-state index in [0.29, 0.717) is 25.1 Å². The molecular formula is C20H30N2O3. The van der Waals surface area contributed by atoms with Crippen molar-refractivity contribution >= 4 is 5.91 Å².